The summed E-state index contributed by atoms with van der Waals surface area (Å²) in [4.78, 5) is 47.4. The summed E-state index contributed by atoms with van der Waals surface area (Å²) in [5.74, 6) is -0.0280. The molecule has 0 saturated heterocycles. The molecule has 186 valence electrons. The first-order valence-electron chi connectivity index (χ1n) is 12.5. The molecule has 1 fully saturated rings. The molecule has 0 radical (unpaired) electrons. The number of allylic oxidation sites excluding steroid dienone is 4. The number of hydrogen-bond donors (Lipinski definition) is 1. The molecule has 1 saturated carbocycles. The highest BCUT2D eigenvalue weighted by Gasteiger charge is 2.35. The monoisotopic (exact) mass is 484 g/mol. The quantitative estimate of drug-likeness (QED) is 0.510. The summed E-state index contributed by atoms with van der Waals surface area (Å²) in [7, 11) is 0. The Bertz CT molecular complexity index is 1240. The van der Waals surface area contributed by atoms with E-state index in [0.29, 0.717) is 51.5 Å². The molecular formula is C31H32O5. The van der Waals surface area contributed by atoms with Gasteiger partial charge in [-0.25, -0.2) is 0 Å². The lowest BCUT2D eigenvalue weighted by Gasteiger charge is -2.37. The second-order valence-corrected chi connectivity index (χ2v) is 10.9. The summed E-state index contributed by atoms with van der Waals surface area (Å²) in [5, 5.41) is 10.3. The molecule has 2 aromatic carbocycles. The summed E-state index contributed by atoms with van der Waals surface area (Å²) in [6.45, 7) is 6.85. The molecule has 36 heavy (non-hydrogen) atoms. The average molecular weight is 485 g/mol. The predicted octanol–water partition coefficient (Wildman–Crippen LogP) is 6.74. The fourth-order valence-electron chi connectivity index (χ4n) is 5.37. The van der Waals surface area contributed by atoms with Gasteiger partial charge < -0.3 is 5.11 Å². The third-order valence-corrected chi connectivity index (χ3v) is 7.60. The van der Waals surface area contributed by atoms with Crippen molar-refractivity contribution in [2.75, 3.05) is 0 Å². The zero-order valence-electron chi connectivity index (χ0n) is 21.0. The number of carbonyl (C=O) groups is 4. The molecular weight excluding hydrogens is 452 g/mol. The van der Waals surface area contributed by atoms with Gasteiger partial charge in [-0.2, -0.15) is 0 Å². The molecule has 0 atom stereocenters. The van der Waals surface area contributed by atoms with Crippen LogP contribution in [0.5, 0.6) is 0 Å². The van der Waals surface area contributed by atoms with E-state index in [-0.39, 0.29) is 23.1 Å². The molecule has 3 aliphatic carbocycles. The van der Waals surface area contributed by atoms with Crippen molar-refractivity contribution in [2.45, 2.75) is 52.9 Å². The molecule has 5 heteroatoms. The molecule has 5 nitrogen and oxygen atoms in total. The summed E-state index contributed by atoms with van der Waals surface area (Å²) in [6, 6.07) is 13.6. The van der Waals surface area contributed by atoms with Crippen LogP contribution in [-0.4, -0.2) is 28.2 Å². The smallest absolute Gasteiger partial charge is 0.228 e. The minimum atomic E-state index is -0.413. The molecule has 0 aromatic heterocycles. The standard InChI is InChI=1S/C21H26O3.C10H6O2/c1-21(2,3)14-10-8-13(9-11-14)12-17-18(22)15-6-4-5-7-16(15)19(23)20(17)24;11-9-5-6-10(12)8-4-2-1-3-7(8)9/h4-7,13-14,24H,8-12H2,1-3H3;1-6H. The Morgan fingerprint density at radius 3 is 1.61 bits per heavy atom. The van der Waals surface area contributed by atoms with Gasteiger partial charge in [-0.1, -0.05) is 69.3 Å². The van der Waals surface area contributed by atoms with Crippen molar-refractivity contribution in [3.8, 4) is 0 Å². The maximum absolute atomic E-state index is 12.7. The maximum Gasteiger partial charge on any atom is 0.228 e. The third-order valence-electron chi connectivity index (χ3n) is 7.60. The first-order chi connectivity index (χ1) is 17.1. The van der Waals surface area contributed by atoms with Gasteiger partial charge in [0.1, 0.15) is 0 Å². The van der Waals surface area contributed by atoms with Crippen LogP contribution in [0.25, 0.3) is 0 Å². The fourth-order valence-corrected chi connectivity index (χ4v) is 5.37. The van der Waals surface area contributed by atoms with Crippen molar-refractivity contribution in [2.24, 2.45) is 17.3 Å². The molecule has 0 spiro atoms. The number of ketones is 4. The van der Waals surface area contributed by atoms with Gasteiger partial charge in [0.15, 0.2) is 23.1 Å². The number of fused-ring (bicyclic) bond motifs is 2. The Morgan fingerprint density at radius 2 is 1.14 bits per heavy atom. The molecule has 0 heterocycles. The van der Waals surface area contributed by atoms with Gasteiger partial charge in [-0.15, -0.1) is 0 Å². The minimum Gasteiger partial charge on any atom is -0.504 e. The van der Waals surface area contributed by atoms with E-state index in [1.54, 1.807) is 48.5 Å². The number of aliphatic hydroxyl groups excluding tert-OH is 1. The Balaban J connectivity index is 0.000000211. The van der Waals surface area contributed by atoms with Gasteiger partial charge in [-0.05, 0) is 61.5 Å². The normalized spacial score (nSPS) is 21.5. The lowest BCUT2D eigenvalue weighted by molar-refractivity contribution is 0.0918. The second-order valence-electron chi connectivity index (χ2n) is 10.9. The summed E-state index contributed by atoms with van der Waals surface area (Å²) in [6.07, 6.45) is 7.56. The molecule has 5 rings (SSSR count). The fraction of sp³-hybridized carbons (Fsp3) is 0.355. The highest BCUT2D eigenvalue weighted by Crippen LogP contribution is 2.42. The van der Waals surface area contributed by atoms with E-state index in [1.807, 2.05) is 0 Å². The minimum absolute atomic E-state index is 0.0924. The van der Waals surface area contributed by atoms with Crippen molar-refractivity contribution in [1.82, 2.24) is 0 Å². The Labute approximate surface area is 211 Å². The van der Waals surface area contributed by atoms with E-state index >= 15 is 0 Å². The van der Waals surface area contributed by atoms with Gasteiger partial charge in [0.05, 0.1) is 0 Å². The van der Waals surface area contributed by atoms with Gasteiger partial charge >= 0.3 is 0 Å². The zero-order chi connectivity index (χ0) is 26.0. The summed E-state index contributed by atoms with van der Waals surface area (Å²) >= 11 is 0. The van der Waals surface area contributed by atoms with E-state index in [0.717, 1.165) is 25.7 Å². The van der Waals surface area contributed by atoms with Gasteiger partial charge in [0.2, 0.25) is 5.78 Å². The lowest BCUT2D eigenvalue weighted by atomic mass is 9.68. The number of carbonyl (C=O) groups excluding carboxylic acids is 4. The van der Waals surface area contributed by atoms with E-state index < -0.39 is 5.78 Å². The van der Waals surface area contributed by atoms with Crippen LogP contribution in [0, 0.1) is 17.3 Å². The largest absolute Gasteiger partial charge is 0.504 e. The zero-order valence-corrected chi connectivity index (χ0v) is 21.0. The van der Waals surface area contributed by atoms with Gasteiger partial charge in [0, 0.05) is 27.8 Å². The summed E-state index contributed by atoms with van der Waals surface area (Å²) < 4.78 is 0. The van der Waals surface area contributed by atoms with Crippen LogP contribution in [0.2, 0.25) is 0 Å². The lowest BCUT2D eigenvalue weighted by Crippen LogP contribution is -2.28. The van der Waals surface area contributed by atoms with Crippen LogP contribution >= 0.6 is 0 Å². The molecule has 2 aromatic rings. The molecule has 0 aliphatic heterocycles. The Kier molecular flexibility index (Phi) is 7.21. The first-order valence-corrected chi connectivity index (χ1v) is 12.5. The number of aliphatic hydroxyl groups is 1. The Hall–Kier alpha value is -3.60. The van der Waals surface area contributed by atoms with Crippen molar-refractivity contribution in [1.29, 1.82) is 0 Å². The van der Waals surface area contributed by atoms with Crippen molar-refractivity contribution < 1.29 is 24.3 Å². The van der Waals surface area contributed by atoms with Crippen molar-refractivity contribution in [3.05, 3.63) is 94.3 Å². The highest BCUT2D eigenvalue weighted by atomic mass is 16.3. The van der Waals surface area contributed by atoms with Gasteiger partial charge in [-0.3, -0.25) is 19.2 Å². The number of Topliss-reactive ketones (excluding diaryl/α,β-unsaturated/α-hetero) is 2. The Morgan fingerprint density at radius 1 is 0.694 bits per heavy atom. The van der Waals surface area contributed by atoms with E-state index in [2.05, 4.69) is 20.8 Å². The van der Waals surface area contributed by atoms with E-state index in [9.17, 15) is 24.3 Å². The van der Waals surface area contributed by atoms with Crippen LogP contribution in [-0.2, 0) is 0 Å². The SMILES string of the molecule is CC(C)(C)C1CCC(CC2=C(O)C(=O)c3ccccc3C2=O)CC1.O=C1C=CC(=O)c2ccccc21. The van der Waals surface area contributed by atoms with Crippen molar-refractivity contribution >= 4 is 23.1 Å². The second kappa shape index (κ2) is 10.2. The highest BCUT2D eigenvalue weighted by molar-refractivity contribution is 6.26. The molecule has 0 bridgehead atoms. The van der Waals surface area contributed by atoms with Crippen LogP contribution in [0.1, 0.15) is 94.3 Å². The van der Waals surface area contributed by atoms with Crippen LogP contribution in [0.3, 0.4) is 0 Å². The molecule has 1 N–H and O–H groups in total. The van der Waals surface area contributed by atoms with Crippen molar-refractivity contribution in [3.63, 3.8) is 0 Å². The average Bonchev–Trinajstić information content (AvgIpc) is 2.88. The van der Waals surface area contributed by atoms with Gasteiger partial charge in [0.25, 0.3) is 0 Å². The molecule has 3 aliphatic rings. The van der Waals surface area contributed by atoms with E-state index in [1.165, 1.54) is 12.2 Å². The first kappa shape index (κ1) is 25.5. The maximum atomic E-state index is 12.7. The topological polar surface area (TPSA) is 88.5 Å². The number of hydrogen-bond acceptors (Lipinski definition) is 5. The molecule has 0 unspecified atom stereocenters. The number of benzene rings is 2. The third kappa shape index (κ3) is 5.15. The van der Waals surface area contributed by atoms with E-state index in [4.69, 9.17) is 0 Å². The summed E-state index contributed by atoms with van der Waals surface area (Å²) in [5.41, 5.74) is 2.40. The number of rotatable bonds is 2. The van der Waals surface area contributed by atoms with Crippen LogP contribution < -0.4 is 0 Å². The van der Waals surface area contributed by atoms with Crippen LogP contribution in [0.4, 0.5) is 0 Å². The predicted molar refractivity (Wildman–Crippen MR) is 139 cm³/mol. The molecule has 0 amide bonds. The van der Waals surface area contributed by atoms with Crippen LogP contribution in [0.15, 0.2) is 72.0 Å².